The lowest BCUT2D eigenvalue weighted by Gasteiger charge is -2.37. The summed E-state index contributed by atoms with van der Waals surface area (Å²) in [6, 6.07) is 4.54. The summed E-state index contributed by atoms with van der Waals surface area (Å²) in [7, 11) is 0. The standard InChI is InChI=1S/C20H24FN3O3/c1-12(19-13(2)22-27-15(19)4)20(26)24-9-7-23(8-10-24)18-6-5-16(14(3)25)11-17(18)21/h5-6,11-12H,7-10H2,1-4H3. The Morgan fingerprint density at radius 2 is 1.85 bits per heavy atom. The summed E-state index contributed by atoms with van der Waals surface area (Å²) in [5.41, 5.74) is 2.40. The number of aromatic nitrogens is 1. The minimum atomic E-state index is -0.411. The van der Waals surface area contributed by atoms with E-state index < -0.39 is 5.82 Å². The lowest BCUT2D eigenvalue weighted by Crippen LogP contribution is -2.50. The number of halogens is 1. The SMILES string of the molecule is CC(=O)c1ccc(N2CCN(C(=O)C(C)c3c(C)noc3C)CC2)c(F)c1. The maximum atomic E-state index is 14.4. The zero-order valence-electron chi connectivity index (χ0n) is 16.1. The van der Waals surface area contributed by atoms with Gasteiger partial charge < -0.3 is 14.3 Å². The van der Waals surface area contributed by atoms with E-state index in [0.29, 0.717) is 43.2 Å². The molecule has 7 heteroatoms. The Morgan fingerprint density at radius 3 is 2.37 bits per heavy atom. The summed E-state index contributed by atoms with van der Waals surface area (Å²) in [5, 5.41) is 3.93. The van der Waals surface area contributed by atoms with Crippen LogP contribution >= 0.6 is 0 Å². The molecule has 1 saturated heterocycles. The highest BCUT2D eigenvalue weighted by Crippen LogP contribution is 2.27. The van der Waals surface area contributed by atoms with Crippen molar-refractivity contribution in [2.45, 2.75) is 33.6 Å². The number of hydrogen-bond acceptors (Lipinski definition) is 5. The molecule has 0 aliphatic carbocycles. The van der Waals surface area contributed by atoms with Crippen LogP contribution in [0.5, 0.6) is 0 Å². The number of anilines is 1. The van der Waals surface area contributed by atoms with E-state index in [0.717, 1.165) is 11.3 Å². The zero-order chi connectivity index (χ0) is 19.7. The first-order valence-corrected chi connectivity index (χ1v) is 9.06. The van der Waals surface area contributed by atoms with Gasteiger partial charge in [0.1, 0.15) is 11.6 Å². The third-order valence-electron chi connectivity index (χ3n) is 5.18. The van der Waals surface area contributed by atoms with Crippen LogP contribution < -0.4 is 4.90 Å². The maximum Gasteiger partial charge on any atom is 0.230 e. The molecular formula is C20H24FN3O3. The van der Waals surface area contributed by atoms with Crippen LogP contribution in [0.1, 0.15) is 47.1 Å². The highest BCUT2D eigenvalue weighted by molar-refractivity contribution is 5.94. The molecule has 27 heavy (non-hydrogen) atoms. The number of aryl methyl sites for hydroxylation is 2. The van der Waals surface area contributed by atoms with E-state index in [1.54, 1.807) is 17.0 Å². The molecule has 2 aromatic rings. The lowest BCUT2D eigenvalue weighted by atomic mass is 9.97. The Hall–Kier alpha value is -2.70. The third-order valence-corrected chi connectivity index (χ3v) is 5.18. The monoisotopic (exact) mass is 373 g/mol. The number of ketones is 1. The van der Waals surface area contributed by atoms with Gasteiger partial charge in [0.2, 0.25) is 5.91 Å². The van der Waals surface area contributed by atoms with Crippen molar-refractivity contribution in [3.63, 3.8) is 0 Å². The Kier molecular flexibility index (Phi) is 5.30. The molecule has 1 atom stereocenters. The van der Waals surface area contributed by atoms with Crippen LogP contribution in [-0.2, 0) is 4.79 Å². The summed E-state index contributed by atoms with van der Waals surface area (Å²) >= 11 is 0. The van der Waals surface area contributed by atoms with Gasteiger partial charge in [0, 0.05) is 37.3 Å². The second kappa shape index (κ2) is 7.50. The normalized spacial score (nSPS) is 15.7. The number of carbonyl (C=O) groups excluding carboxylic acids is 2. The summed E-state index contributed by atoms with van der Waals surface area (Å²) in [5.74, 6) is -0.207. The van der Waals surface area contributed by atoms with Gasteiger partial charge in [-0.05, 0) is 45.9 Å². The number of benzene rings is 1. The molecule has 1 aromatic carbocycles. The van der Waals surface area contributed by atoms with Gasteiger partial charge in [-0.3, -0.25) is 9.59 Å². The largest absolute Gasteiger partial charge is 0.366 e. The highest BCUT2D eigenvalue weighted by Gasteiger charge is 2.29. The number of amides is 1. The molecule has 1 unspecified atom stereocenters. The number of piperazine rings is 1. The molecule has 0 N–H and O–H groups in total. The average Bonchev–Trinajstić information content (AvgIpc) is 2.99. The number of carbonyl (C=O) groups is 2. The summed E-state index contributed by atoms with van der Waals surface area (Å²) in [6.45, 7) is 9.03. The fraction of sp³-hybridized carbons (Fsp3) is 0.450. The van der Waals surface area contributed by atoms with Gasteiger partial charge in [0.25, 0.3) is 0 Å². The average molecular weight is 373 g/mol. The first-order chi connectivity index (χ1) is 12.8. The molecule has 1 aliphatic rings. The molecule has 0 spiro atoms. The summed E-state index contributed by atoms with van der Waals surface area (Å²) in [4.78, 5) is 27.9. The van der Waals surface area contributed by atoms with Crippen molar-refractivity contribution < 1.29 is 18.5 Å². The van der Waals surface area contributed by atoms with Crippen molar-refractivity contribution in [3.8, 4) is 0 Å². The molecule has 1 aliphatic heterocycles. The van der Waals surface area contributed by atoms with E-state index >= 15 is 0 Å². The van der Waals surface area contributed by atoms with E-state index in [9.17, 15) is 14.0 Å². The number of Topliss-reactive ketones (excluding diaryl/α,β-unsaturated/α-hetero) is 1. The van der Waals surface area contributed by atoms with Gasteiger partial charge >= 0.3 is 0 Å². The molecule has 1 amide bonds. The van der Waals surface area contributed by atoms with Crippen LogP contribution in [0.3, 0.4) is 0 Å². The molecule has 2 heterocycles. The van der Waals surface area contributed by atoms with Crippen LogP contribution in [0.15, 0.2) is 22.7 Å². The van der Waals surface area contributed by atoms with Crippen LogP contribution in [-0.4, -0.2) is 47.9 Å². The predicted molar refractivity (Wildman–Crippen MR) is 99.6 cm³/mol. The number of rotatable bonds is 4. The van der Waals surface area contributed by atoms with Crippen molar-refractivity contribution in [3.05, 3.63) is 46.6 Å². The van der Waals surface area contributed by atoms with E-state index in [2.05, 4.69) is 5.16 Å². The van der Waals surface area contributed by atoms with Crippen molar-refractivity contribution in [1.82, 2.24) is 10.1 Å². The second-order valence-corrected chi connectivity index (χ2v) is 6.99. The van der Waals surface area contributed by atoms with E-state index in [-0.39, 0.29) is 17.6 Å². The number of nitrogens with zero attached hydrogens (tertiary/aromatic N) is 3. The smallest absolute Gasteiger partial charge is 0.230 e. The molecule has 0 saturated carbocycles. The highest BCUT2D eigenvalue weighted by atomic mass is 19.1. The fourth-order valence-corrected chi connectivity index (χ4v) is 3.66. The molecule has 0 radical (unpaired) electrons. The van der Waals surface area contributed by atoms with E-state index in [4.69, 9.17) is 4.52 Å². The topological polar surface area (TPSA) is 66.7 Å². The van der Waals surface area contributed by atoms with E-state index in [1.165, 1.54) is 13.0 Å². The molecule has 144 valence electrons. The van der Waals surface area contributed by atoms with Crippen molar-refractivity contribution in [1.29, 1.82) is 0 Å². The molecule has 6 nitrogen and oxygen atoms in total. The molecule has 3 rings (SSSR count). The third kappa shape index (κ3) is 3.72. The Balaban J connectivity index is 1.67. The Morgan fingerprint density at radius 1 is 1.19 bits per heavy atom. The van der Waals surface area contributed by atoms with Gasteiger partial charge in [-0.1, -0.05) is 5.16 Å². The van der Waals surface area contributed by atoms with Gasteiger partial charge in [-0.15, -0.1) is 0 Å². The molecule has 0 bridgehead atoms. The quantitative estimate of drug-likeness (QED) is 0.771. The zero-order valence-corrected chi connectivity index (χ0v) is 16.1. The lowest BCUT2D eigenvalue weighted by molar-refractivity contribution is -0.132. The Bertz CT molecular complexity index is 850. The fourth-order valence-electron chi connectivity index (χ4n) is 3.66. The second-order valence-electron chi connectivity index (χ2n) is 6.99. The van der Waals surface area contributed by atoms with Crippen molar-refractivity contribution in [2.75, 3.05) is 31.1 Å². The van der Waals surface area contributed by atoms with Crippen LogP contribution in [0.25, 0.3) is 0 Å². The summed E-state index contributed by atoms with van der Waals surface area (Å²) in [6.07, 6.45) is 0. The van der Waals surface area contributed by atoms with Crippen LogP contribution in [0.4, 0.5) is 10.1 Å². The van der Waals surface area contributed by atoms with Crippen molar-refractivity contribution in [2.24, 2.45) is 0 Å². The van der Waals surface area contributed by atoms with Gasteiger partial charge in [-0.25, -0.2) is 4.39 Å². The van der Waals surface area contributed by atoms with Gasteiger partial charge in [-0.2, -0.15) is 0 Å². The van der Waals surface area contributed by atoms with Crippen molar-refractivity contribution >= 4 is 17.4 Å². The van der Waals surface area contributed by atoms with E-state index in [1.807, 2.05) is 25.7 Å². The van der Waals surface area contributed by atoms with Gasteiger partial charge in [0.15, 0.2) is 5.78 Å². The first-order valence-electron chi connectivity index (χ1n) is 9.06. The number of hydrogen-bond donors (Lipinski definition) is 0. The maximum absolute atomic E-state index is 14.4. The molecule has 1 fully saturated rings. The first kappa shape index (κ1) is 19.1. The molecular weight excluding hydrogens is 349 g/mol. The molecule has 1 aromatic heterocycles. The van der Waals surface area contributed by atoms with Crippen LogP contribution in [0.2, 0.25) is 0 Å². The predicted octanol–water partition coefficient (Wildman–Crippen LogP) is 3.09. The minimum Gasteiger partial charge on any atom is -0.366 e. The Labute approximate surface area is 157 Å². The van der Waals surface area contributed by atoms with Gasteiger partial charge in [0.05, 0.1) is 17.3 Å². The van der Waals surface area contributed by atoms with Crippen LogP contribution in [0, 0.1) is 19.7 Å². The summed E-state index contributed by atoms with van der Waals surface area (Å²) < 4.78 is 19.5. The minimum absolute atomic E-state index is 0.0245.